The van der Waals surface area contributed by atoms with E-state index in [1.807, 2.05) is 0 Å². The van der Waals surface area contributed by atoms with Gasteiger partial charge in [0.1, 0.15) is 0 Å². The fourth-order valence-corrected chi connectivity index (χ4v) is 0. The molecule has 0 fully saturated rings. The Bertz CT molecular complexity index is 49.6. The van der Waals surface area contributed by atoms with Gasteiger partial charge >= 0.3 is 145 Å². The number of halogens is 6. The summed E-state index contributed by atoms with van der Waals surface area (Å²) in [5.74, 6) is 0. The van der Waals surface area contributed by atoms with Gasteiger partial charge in [0.05, 0.1) is 0 Å². The van der Waals surface area contributed by atoms with Crippen molar-refractivity contribution in [1.82, 2.24) is 0 Å². The summed E-state index contributed by atoms with van der Waals surface area (Å²) >= 11 is -5.09. The molecule has 0 saturated heterocycles. The van der Waals surface area contributed by atoms with Crippen LogP contribution >= 0.6 is 0 Å². The Morgan fingerprint density at radius 2 is 0.562 bits per heavy atom. The van der Waals surface area contributed by atoms with Crippen LogP contribution in [0.5, 0.6) is 0 Å². The van der Waals surface area contributed by atoms with Crippen molar-refractivity contribution < 1.29 is 142 Å². The van der Waals surface area contributed by atoms with Crippen molar-refractivity contribution in [1.29, 1.82) is 0 Å². The van der Waals surface area contributed by atoms with E-state index in [9.17, 15) is 7.88 Å². The number of rotatable bonds is 0. The van der Waals surface area contributed by atoms with Crippen LogP contribution in [0, 0.1) is 0 Å². The summed E-state index contributed by atoms with van der Waals surface area (Å²) in [6, 6.07) is 0. The van der Waals surface area contributed by atoms with E-state index in [2.05, 4.69) is 0 Å². The van der Waals surface area contributed by atoms with Gasteiger partial charge in [0.25, 0.3) is 0 Å². The minimum Gasteiger partial charge on any atom is -1.00 e. The Kier molecular flexibility index (Phi) is 877. The Morgan fingerprint density at radius 1 is 0.562 bits per heavy atom. The average molecular weight is 418 g/mol. The molecule has 16 heavy (non-hydrogen) atoms. The molecule has 0 rings (SSSR count). The maximum atomic E-state index is 9.87. The average Bonchev–Trinajstić information content (AvgIpc) is 1.41. The van der Waals surface area contributed by atoms with Gasteiger partial charge in [0.15, 0.2) is 0 Å². The summed E-state index contributed by atoms with van der Waals surface area (Å²) in [6.45, 7) is 0. The van der Waals surface area contributed by atoms with Gasteiger partial charge in [-0.2, -0.15) is 0 Å². The van der Waals surface area contributed by atoms with Crippen molar-refractivity contribution in [3.8, 4) is 0 Å². The molecule has 0 amide bonds. The smallest absolute Gasteiger partial charge is 1.00 e. The second-order valence-electron chi connectivity index (χ2n) is 0.192. The molecular weight excluding hydrogens is 401 g/mol. The van der Waals surface area contributed by atoms with Crippen LogP contribution in [0.3, 0.4) is 0 Å². The topological polar surface area (TPSA) is 0 Å². The zero-order chi connectivity index (χ0) is 5.58. The van der Waals surface area contributed by atoms with Gasteiger partial charge in [-0.3, -0.25) is 0 Å². The molecule has 0 aromatic rings. The van der Waals surface area contributed by atoms with Gasteiger partial charge in [-0.15, -0.1) is 0 Å². The monoisotopic (exact) mass is 418 g/mol. The second kappa shape index (κ2) is 125. The van der Waals surface area contributed by atoms with Crippen LogP contribution in [0.4, 0.5) is 17.0 Å². The predicted octanol–water partition coefficient (Wildman–Crippen LogP) is -16.8. The number of hydrogen-bond donors (Lipinski definition) is 0. The van der Waals surface area contributed by atoms with E-state index in [1.165, 1.54) is 0 Å². The summed E-state index contributed by atoms with van der Waals surface area (Å²) in [5, 5.41) is 0. The summed E-state index contributed by atoms with van der Waals surface area (Å²) in [6.07, 6.45) is 0. The third-order valence-corrected chi connectivity index (χ3v) is 0. The SMILES string of the molecule is C.C.C.FF.[F-].[F][Bi]([F])[F].[H-].[H-].[H-].[H-].[H-].[Li+].[Li+].[Li+].[Li+].[Li+].[Li+]. The van der Waals surface area contributed by atoms with Crippen molar-refractivity contribution in [3.05, 3.63) is 0 Å². The third kappa shape index (κ3) is 320. The summed E-state index contributed by atoms with van der Waals surface area (Å²) in [7, 11) is 0. The molecule has 13 heteroatoms. The summed E-state index contributed by atoms with van der Waals surface area (Å²) < 4.78 is 45.6. The van der Waals surface area contributed by atoms with E-state index in [1.54, 1.807) is 0 Å². The van der Waals surface area contributed by atoms with Crippen LogP contribution in [0.25, 0.3) is 0 Å². The first-order valence-electron chi connectivity index (χ1n) is 0.650. The van der Waals surface area contributed by atoms with Gasteiger partial charge in [0.2, 0.25) is 0 Å². The molecule has 0 aromatic heterocycles. The molecule has 0 aliphatic rings. The molecule has 82 valence electrons. The Hall–Kier alpha value is 4.05. The van der Waals surface area contributed by atoms with E-state index in [-0.39, 0.29) is 147 Å². The van der Waals surface area contributed by atoms with Crippen molar-refractivity contribution >= 4 is 23.6 Å². The molecule has 0 saturated carbocycles. The molecule has 0 N–H and O–H groups in total. The Labute approximate surface area is 185 Å². The molecule has 0 aliphatic carbocycles. The quantitative estimate of drug-likeness (QED) is 0.271. The largest absolute Gasteiger partial charge is 1.00 e. The van der Waals surface area contributed by atoms with Gasteiger partial charge in [-0.1, -0.05) is 22.3 Å². The fourth-order valence-electron chi connectivity index (χ4n) is 0. The molecule has 0 aliphatic heterocycles. The molecule has 0 heterocycles. The normalized spacial score (nSPS) is 2.62. The van der Waals surface area contributed by atoms with Crippen LogP contribution < -0.4 is 118 Å². The van der Waals surface area contributed by atoms with Crippen molar-refractivity contribution in [2.24, 2.45) is 0 Å². The van der Waals surface area contributed by atoms with E-state index >= 15 is 0 Å². The molecule has 0 spiro atoms. The van der Waals surface area contributed by atoms with Crippen LogP contribution in [-0.4, -0.2) is 23.6 Å². The minimum absolute atomic E-state index is 0. The molecule has 0 nitrogen and oxygen atoms in total. The summed E-state index contributed by atoms with van der Waals surface area (Å²) in [5.41, 5.74) is 0. The standard InChI is InChI=1S/3CH4.Bi.F2.4FH.6Li.5H/c;;;;1-2;;;;;;;;;;;;;;;/h3*1H4;;;4*1H;;;;;;;;;;;/q;;;+3;;;;;;6*+1;5*-1/p-4. The Morgan fingerprint density at radius 3 is 0.562 bits per heavy atom. The maximum Gasteiger partial charge on any atom is 1.00 e. The molecule has 0 aromatic carbocycles. The predicted molar refractivity (Wildman–Crippen MR) is 37.0 cm³/mol. The van der Waals surface area contributed by atoms with Crippen LogP contribution in [0.1, 0.15) is 29.4 Å². The van der Waals surface area contributed by atoms with Crippen LogP contribution in [0.2, 0.25) is 0 Å². The first kappa shape index (κ1) is 112. The van der Waals surface area contributed by atoms with E-state index < -0.39 is 23.6 Å². The van der Waals surface area contributed by atoms with Gasteiger partial charge in [0, 0.05) is 9.15 Å². The van der Waals surface area contributed by atoms with Gasteiger partial charge in [-0.25, -0.2) is 0 Å². The Balaban J connectivity index is -0.000000000611. The second-order valence-corrected chi connectivity index (χ2v) is 1.68. The third-order valence-electron chi connectivity index (χ3n) is 0. The molecule has 0 radical (unpaired) electrons. The zero-order valence-corrected chi connectivity index (χ0v) is 12.2. The van der Waals surface area contributed by atoms with E-state index in [4.69, 9.17) is 9.15 Å². The molecule has 0 bridgehead atoms. The van der Waals surface area contributed by atoms with Crippen LogP contribution in [-0.2, 0) is 0 Å². The first-order valence-corrected chi connectivity index (χ1v) is 4.59. The summed E-state index contributed by atoms with van der Waals surface area (Å²) in [4.78, 5) is 0. The van der Waals surface area contributed by atoms with Gasteiger partial charge < -0.3 is 11.8 Å². The first-order chi connectivity index (χ1) is 2.73. The molecule has 0 atom stereocenters. The van der Waals surface area contributed by atoms with E-state index in [0.29, 0.717) is 0 Å². The van der Waals surface area contributed by atoms with Gasteiger partial charge in [-0.05, 0) is 0 Å². The van der Waals surface area contributed by atoms with Crippen molar-refractivity contribution in [3.63, 3.8) is 0 Å². The van der Waals surface area contributed by atoms with Crippen LogP contribution in [0.15, 0.2) is 0 Å². The zero-order valence-electron chi connectivity index (χ0n) is 13.7. The number of hydrogen-bond acceptors (Lipinski definition) is 0. The molecular formula is C3H17BiF6Li6. The van der Waals surface area contributed by atoms with E-state index in [0.717, 1.165) is 0 Å². The van der Waals surface area contributed by atoms with Crippen molar-refractivity contribution in [2.75, 3.05) is 0 Å². The maximum absolute atomic E-state index is 9.87. The molecule has 0 unspecified atom stereocenters. The van der Waals surface area contributed by atoms with Crippen molar-refractivity contribution in [2.45, 2.75) is 22.3 Å². The fraction of sp³-hybridized carbons (Fsp3) is 1.00. The minimum atomic E-state index is -5.09.